The van der Waals surface area contributed by atoms with Gasteiger partial charge >= 0.3 is 0 Å². The summed E-state index contributed by atoms with van der Waals surface area (Å²) in [5, 5.41) is 3.13. The summed E-state index contributed by atoms with van der Waals surface area (Å²) >= 11 is 0. The molecule has 1 aromatic rings. The van der Waals surface area contributed by atoms with Crippen molar-refractivity contribution in [1.82, 2.24) is 5.32 Å². The number of benzene rings is 1. The molecular formula is C11H12FNO. The standard InChI is InChI=1S/C11H12FNO/c12-9-5-3-8(4-6-9)11-10(14)2-1-7-13-11/h3-6,11,13H,1-2,7H2. The van der Waals surface area contributed by atoms with Crippen LogP contribution in [0, 0.1) is 5.82 Å². The average molecular weight is 193 g/mol. The van der Waals surface area contributed by atoms with Crippen LogP contribution in [0.5, 0.6) is 0 Å². The zero-order valence-electron chi connectivity index (χ0n) is 7.79. The van der Waals surface area contributed by atoms with Crippen LogP contribution in [0.4, 0.5) is 4.39 Å². The van der Waals surface area contributed by atoms with E-state index in [0.717, 1.165) is 18.5 Å². The summed E-state index contributed by atoms with van der Waals surface area (Å²) < 4.78 is 12.6. The Labute approximate surface area is 82.1 Å². The summed E-state index contributed by atoms with van der Waals surface area (Å²) in [4.78, 5) is 11.5. The van der Waals surface area contributed by atoms with Gasteiger partial charge in [0.25, 0.3) is 0 Å². The van der Waals surface area contributed by atoms with Crippen molar-refractivity contribution in [2.45, 2.75) is 18.9 Å². The minimum atomic E-state index is -0.267. The summed E-state index contributed by atoms with van der Waals surface area (Å²) in [7, 11) is 0. The fourth-order valence-corrected chi connectivity index (χ4v) is 1.73. The Hall–Kier alpha value is -1.22. The lowest BCUT2D eigenvalue weighted by atomic mass is 9.96. The Bertz CT molecular complexity index is 334. The van der Waals surface area contributed by atoms with Gasteiger partial charge in [-0.2, -0.15) is 0 Å². The molecule has 1 N–H and O–H groups in total. The number of halogens is 1. The number of rotatable bonds is 1. The number of ketones is 1. The molecule has 1 heterocycles. The van der Waals surface area contributed by atoms with Crippen LogP contribution in [-0.4, -0.2) is 12.3 Å². The zero-order chi connectivity index (χ0) is 9.97. The predicted molar refractivity (Wildman–Crippen MR) is 51.4 cm³/mol. The summed E-state index contributed by atoms with van der Waals surface area (Å²) in [6, 6.07) is 5.87. The molecule has 0 spiro atoms. The second-order valence-corrected chi connectivity index (χ2v) is 3.51. The molecule has 1 unspecified atom stereocenters. The molecule has 1 fully saturated rings. The molecule has 14 heavy (non-hydrogen) atoms. The lowest BCUT2D eigenvalue weighted by Crippen LogP contribution is -2.34. The third-order valence-electron chi connectivity index (χ3n) is 2.47. The van der Waals surface area contributed by atoms with E-state index in [0.29, 0.717) is 6.42 Å². The van der Waals surface area contributed by atoms with Crippen LogP contribution in [0.2, 0.25) is 0 Å². The fraction of sp³-hybridized carbons (Fsp3) is 0.364. The molecule has 74 valence electrons. The Balaban J connectivity index is 2.20. The maximum atomic E-state index is 12.6. The smallest absolute Gasteiger partial charge is 0.154 e. The van der Waals surface area contributed by atoms with Crippen LogP contribution in [-0.2, 0) is 4.79 Å². The molecule has 1 aliphatic rings. The van der Waals surface area contributed by atoms with E-state index in [2.05, 4.69) is 5.32 Å². The molecule has 3 heteroatoms. The Morgan fingerprint density at radius 3 is 2.64 bits per heavy atom. The van der Waals surface area contributed by atoms with E-state index in [9.17, 15) is 9.18 Å². The first-order chi connectivity index (χ1) is 6.77. The molecule has 1 saturated heterocycles. The van der Waals surface area contributed by atoms with Gasteiger partial charge in [0.2, 0.25) is 0 Å². The SMILES string of the molecule is O=C1CCCNC1c1ccc(F)cc1. The topological polar surface area (TPSA) is 29.1 Å². The van der Waals surface area contributed by atoms with Crippen molar-refractivity contribution >= 4 is 5.78 Å². The molecule has 0 aliphatic carbocycles. The van der Waals surface area contributed by atoms with Crippen molar-refractivity contribution in [3.05, 3.63) is 35.6 Å². The van der Waals surface area contributed by atoms with Crippen LogP contribution in [0.25, 0.3) is 0 Å². The number of nitrogens with one attached hydrogen (secondary N) is 1. The molecule has 2 rings (SSSR count). The van der Waals surface area contributed by atoms with Crippen molar-refractivity contribution < 1.29 is 9.18 Å². The van der Waals surface area contributed by atoms with Gasteiger partial charge in [-0.15, -0.1) is 0 Å². The third-order valence-corrected chi connectivity index (χ3v) is 2.47. The predicted octanol–water partition coefficient (Wildman–Crippen LogP) is 1.82. The van der Waals surface area contributed by atoms with Crippen LogP contribution in [0.3, 0.4) is 0 Å². The van der Waals surface area contributed by atoms with Gasteiger partial charge in [-0.3, -0.25) is 4.79 Å². The van der Waals surface area contributed by atoms with Gasteiger partial charge in [-0.25, -0.2) is 4.39 Å². The van der Waals surface area contributed by atoms with E-state index in [1.807, 2.05) is 0 Å². The summed E-state index contributed by atoms with van der Waals surface area (Å²) in [6.45, 7) is 0.855. The van der Waals surface area contributed by atoms with E-state index >= 15 is 0 Å². The Morgan fingerprint density at radius 1 is 1.29 bits per heavy atom. The van der Waals surface area contributed by atoms with Crippen molar-refractivity contribution in [3.63, 3.8) is 0 Å². The highest BCUT2D eigenvalue weighted by atomic mass is 19.1. The summed E-state index contributed by atoms with van der Waals surface area (Å²) in [5.41, 5.74) is 0.858. The van der Waals surface area contributed by atoms with Crippen molar-refractivity contribution in [2.24, 2.45) is 0 Å². The molecule has 0 radical (unpaired) electrons. The van der Waals surface area contributed by atoms with E-state index < -0.39 is 0 Å². The fourth-order valence-electron chi connectivity index (χ4n) is 1.73. The summed E-state index contributed by atoms with van der Waals surface area (Å²) in [6.07, 6.45) is 1.52. The molecule has 2 nitrogen and oxygen atoms in total. The number of carbonyl (C=O) groups is 1. The summed E-state index contributed by atoms with van der Waals surface area (Å²) in [5.74, 6) is -0.0696. The second kappa shape index (κ2) is 3.88. The zero-order valence-corrected chi connectivity index (χ0v) is 7.79. The Kier molecular flexibility index (Phi) is 2.59. The number of hydrogen-bond acceptors (Lipinski definition) is 2. The van der Waals surface area contributed by atoms with Crippen molar-refractivity contribution in [1.29, 1.82) is 0 Å². The Morgan fingerprint density at radius 2 is 2.00 bits per heavy atom. The van der Waals surface area contributed by atoms with Gasteiger partial charge in [0.05, 0.1) is 6.04 Å². The first-order valence-electron chi connectivity index (χ1n) is 4.79. The maximum absolute atomic E-state index is 12.6. The van der Waals surface area contributed by atoms with Gasteiger partial charge < -0.3 is 5.32 Å². The first-order valence-corrected chi connectivity index (χ1v) is 4.79. The normalized spacial score (nSPS) is 22.4. The van der Waals surface area contributed by atoms with Crippen molar-refractivity contribution in [2.75, 3.05) is 6.54 Å². The van der Waals surface area contributed by atoms with Crippen molar-refractivity contribution in [3.8, 4) is 0 Å². The molecule has 0 amide bonds. The van der Waals surface area contributed by atoms with Crippen LogP contribution in [0.1, 0.15) is 24.4 Å². The van der Waals surface area contributed by atoms with Gasteiger partial charge in [0, 0.05) is 6.42 Å². The quantitative estimate of drug-likeness (QED) is 0.737. The second-order valence-electron chi connectivity index (χ2n) is 3.51. The molecule has 1 atom stereocenters. The highest BCUT2D eigenvalue weighted by Crippen LogP contribution is 2.19. The molecule has 0 aromatic heterocycles. The third kappa shape index (κ3) is 1.82. The van der Waals surface area contributed by atoms with E-state index in [1.54, 1.807) is 12.1 Å². The van der Waals surface area contributed by atoms with E-state index in [4.69, 9.17) is 0 Å². The molecule has 1 aromatic carbocycles. The van der Waals surface area contributed by atoms with Gasteiger partial charge in [0.1, 0.15) is 5.82 Å². The van der Waals surface area contributed by atoms with E-state index in [1.165, 1.54) is 12.1 Å². The van der Waals surface area contributed by atoms with E-state index in [-0.39, 0.29) is 17.6 Å². The van der Waals surface area contributed by atoms with Gasteiger partial charge in [0.15, 0.2) is 5.78 Å². The minimum absolute atomic E-state index is 0.197. The minimum Gasteiger partial charge on any atom is -0.304 e. The monoisotopic (exact) mass is 193 g/mol. The molecular weight excluding hydrogens is 181 g/mol. The van der Waals surface area contributed by atoms with Crippen LogP contribution < -0.4 is 5.32 Å². The lowest BCUT2D eigenvalue weighted by Gasteiger charge is -2.22. The van der Waals surface area contributed by atoms with Gasteiger partial charge in [-0.05, 0) is 30.7 Å². The number of piperidine rings is 1. The number of carbonyl (C=O) groups excluding carboxylic acids is 1. The van der Waals surface area contributed by atoms with Crippen LogP contribution in [0.15, 0.2) is 24.3 Å². The lowest BCUT2D eigenvalue weighted by molar-refractivity contribution is -0.122. The molecule has 0 bridgehead atoms. The average Bonchev–Trinajstić information content (AvgIpc) is 2.20. The molecule has 0 saturated carbocycles. The van der Waals surface area contributed by atoms with Gasteiger partial charge in [-0.1, -0.05) is 12.1 Å². The van der Waals surface area contributed by atoms with Crippen LogP contribution >= 0.6 is 0 Å². The molecule has 1 aliphatic heterocycles. The number of hydrogen-bond donors (Lipinski definition) is 1. The highest BCUT2D eigenvalue weighted by molar-refractivity contribution is 5.85. The number of Topliss-reactive ketones (excluding diaryl/α,β-unsaturated/α-hetero) is 1. The maximum Gasteiger partial charge on any atom is 0.154 e. The largest absolute Gasteiger partial charge is 0.304 e. The first kappa shape index (κ1) is 9.34. The highest BCUT2D eigenvalue weighted by Gasteiger charge is 2.22.